The Balaban J connectivity index is 0.000000449. The maximum atomic E-state index is 12.1. The third kappa shape index (κ3) is 19.5. The molecule has 5 rings (SSSR count). The number of esters is 1. The highest BCUT2D eigenvalue weighted by atomic mass is 35.5. The molecule has 0 bridgehead atoms. The zero-order valence-corrected chi connectivity index (χ0v) is 37.3. The number of nitro groups is 4. The molecule has 0 fully saturated rings. The molecule has 3 atom stereocenters. The number of aliphatic hydroxyl groups excluding tert-OH is 3. The molecule has 64 heavy (non-hydrogen) atoms. The number of hydrogen-bond donors (Lipinski definition) is 3. The van der Waals surface area contributed by atoms with Gasteiger partial charge in [0.25, 0.3) is 28.0 Å². The van der Waals surface area contributed by atoms with Gasteiger partial charge in [-0.25, -0.2) is 4.79 Å². The predicted molar refractivity (Wildman–Crippen MR) is 243 cm³/mol. The van der Waals surface area contributed by atoms with E-state index in [0.717, 1.165) is 99.6 Å². The van der Waals surface area contributed by atoms with Crippen LogP contribution < -0.4 is 0 Å². The maximum absolute atomic E-state index is 12.1. The Bertz CT molecular complexity index is 1990. The molecular formula is C45H57ClN4O14. The number of rotatable bonds is 13. The van der Waals surface area contributed by atoms with Gasteiger partial charge in [0.15, 0.2) is 0 Å². The van der Waals surface area contributed by atoms with Gasteiger partial charge in [-0.05, 0) is 125 Å². The number of halogens is 1. The van der Waals surface area contributed by atoms with Crippen LogP contribution in [0.4, 0.5) is 22.7 Å². The SMILES string of the molecule is C=C(C)[C@@H]1CC=C(CO)CC1.C=C(C)[C@@H]1CC=C(CO)CC1.C=C(C)[C@@H]1CC=C(COC(=O)c2cc([N+](=O)[O-])cc([N+](=O)[O-])c2)CC1.CO.O=C(Cl)c1cc([N+](=O)[O-])cc([N+](=O)[O-])c1. The molecule has 18 nitrogen and oxygen atoms in total. The summed E-state index contributed by atoms with van der Waals surface area (Å²) in [5, 5.41) is 66.1. The third-order valence-electron chi connectivity index (χ3n) is 10.5. The van der Waals surface area contributed by atoms with E-state index in [4.69, 9.17) is 31.7 Å². The highest BCUT2D eigenvalue weighted by molar-refractivity contribution is 6.67. The van der Waals surface area contributed by atoms with E-state index >= 15 is 0 Å². The fraction of sp³-hybridized carbons (Fsp3) is 0.422. The summed E-state index contributed by atoms with van der Waals surface area (Å²) in [6.07, 6.45) is 15.4. The molecule has 0 spiro atoms. The van der Waals surface area contributed by atoms with Gasteiger partial charge in [0.1, 0.15) is 6.61 Å². The molecule has 0 unspecified atom stereocenters. The van der Waals surface area contributed by atoms with Crippen LogP contribution in [0.3, 0.4) is 0 Å². The van der Waals surface area contributed by atoms with Gasteiger partial charge in [-0.15, -0.1) is 0 Å². The second kappa shape index (κ2) is 28.5. The average Bonchev–Trinajstić information content (AvgIpc) is 3.29. The van der Waals surface area contributed by atoms with Gasteiger partial charge in [-0.3, -0.25) is 45.3 Å². The van der Waals surface area contributed by atoms with Crippen molar-refractivity contribution in [2.45, 2.75) is 78.6 Å². The van der Waals surface area contributed by atoms with Crippen LogP contribution in [0.15, 0.2) is 108 Å². The van der Waals surface area contributed by atoms with Gasteiger partial charge < -0.3 is 20.1 Å². The van der Waals surface area contributed by atoms with Crippen molar-refractivity contribution in [2.75, 3.05) is 26.9 Å². The summed E-state index contributed by atoms with van der Waals surface area (Å²) in [6.45, 7) is 18.5. The van der Waals surface area contributed by atoms with E-state index in [2.05, 4.69) is 45.7 Å². The number of nitro benzene ring substituents is 4. The summed E-state index contributed by atoms with van der Waals surface area (Å²) < 4.78 is 5.16. The quantitative estimate of drug-likeness (QED) is 0.0554. The lowest BCUT2D eigenvalue weighted by molar-refractivity contribution is -0.394. The number of nitrogens with zero attached hydrogens (tertiary/aromatic N) is 4. The monoisotopic (exact) mass is 912 g/mol. The first kappa shape index (κ1) is 55.8. The summed E-state index contributed by atoms with van der Waals surface area (Å²) in [4.78, 5) is 62.0. The molecule has 2 aromatic rings. The van der Waals surface area contributed by atoms with E-state index in [9.17, 15) is 50.0 Å². The van der Waals surface area contributed by atoms with E-state index < -0.39 is 53.7 Å². The largest absolute Gasteiger partial charge is 0.458 e. The van der Waals surface area contributed by atoms with Crippen molar-refractivity contribution in [1.29, 1.82) is 0 Å². The van der Waals surface area contributed by atoms with Gasteiger partial charge >= 0.3 is 5.97 Å². The first-order valence-electron chi connectivity index (χ1n) is 20.1. The van der Waals surface area contributed by atoms with Gasteiger partial charge in [0.2, 0.25) is 0 Å². The highest BCUT2D eigenvalue weighted by Crippen LogP contribution is 2.31. The van der Waals surface area contributed by atoms with Crippen LogP contribution in [0.25, 0.3) is 0 Å². The molecule has 0 amide bonds. The second-order valence-electron chi connectivity index (χ2n) is 15.2. The molecule has 3 N–H and O–H groups in total. The minimum absolute atomic E-state index is 0.0677. The molecule has 2 aromatic carbocycles. The molecule has 348 valence electrons. The topological polar surface area (TPSA) is 277 Å². The first-order valence-corrected chi connectivity index (χ1v) is 20.5. The molecule has 0 saturated heterocycles. The minimum atomic E-state index is -0.984. The van der Waals surface area contributed by atoms with Crippen molar-refractivity contribution in [3.63, 3.8) is 0 Å². The summed E-state index contributed by atoms with van der Waals surface area (Å²) in [5.41, 5.74) is 4.39. The Kier molecular flexibility index (Phi) is 24.8. The number of benzene rings is 2. The lowest BCUT2D eigenvalue weighted by atomic mass is 9.86. The molecule has 3 aliphatic carbocycles. The summed E-state index contributed by atoms with van der Waals surface area (Å²) in [6, 6.07) is 5.26. The first-order chi connectivity index (χ1) is 30.2. The van der Waals surface area contributed by atoms with Crippen LogP contribution in [0, 0.1) is 58.2 Å². The number of hydrogen-bond acceptors (Lipinski definition) is 14. The third-order valence-corrected chi connectivity index (χ3v) is 10.7. The number of carbonyl (C=O) groups is 2. The Morgan fingerprint density at radius 3 is 1.12 bits per heavy atom. The standard InChI is InChI=1S/C17H18N2O6.2C10H16O.C7H3ClN2O5.CH4O/c1-11(2)13-5-3-12(4-6-13)10-25-17(20)14-7-15(18(21)22)9-16(8-14)19(23)24;2*1-8(2)10-5-3-9(7-11)4-6-10;8-7(11)4-1-5(9(12)13)3-6(2-4)10(14)15;1-2/h3,7-9,13H,1,4-6,10H2,2H3;2*3,10-11H,1,4-7H2,2H3;1-3H;2H,1H3/t13-;2*10-;;/m111../s1. The molecular weight excluding hydrogens is 856 g/mol. The molecule has 0 aromatic heterocycles. The number of aliphatic hydroxyl groups is 3. The van der Waals surface area contributed by atoms with Gasteiger partial charge in [-0.2, -0.15) is 0 Å². The fourth-order valence-electron chi connectivity index (χ4n) is 6.51. The molecule has 0 saturated carbocycles. The lowest BCUT2D eigenvalue weighted by Gasteiger charge is -2.21. The van der Waals surface area contributed by atoms with E-state index in [-0.39, 0.29) is 30.9 Å². The zero-order valence-electron chi connectivity index (χ0n) is 36.5. The predicted octanol–water partition coefficient (Wildman–Crippen LogP) is 10.0. The number of allylic oxidation sites excluding steroid dienone is 6. The summed E-state index contributed by atoms with van der Waals surface area (Å²) >= 11 is 5.07. The van der Waals surface area contributed by atoms with Crippen molar-refractivity contribution < 1.29 is 49.3 Å². The Morgan fingerprint density at radius 1 is 0.594 bits per heavy atom. The maximum Gasteiger partial charge on any atom is 0.338 e. The number of carbonyl (C=O) groups excluding carboxylic acids is 2. The summed E-state index contributed by atoms with van der Waals surface area (Å²) in [7, 11) is 1.00. The lowest BCUT2D eigenvalue weighted by Crippen LogP contribution is -2.13. The van der Waals surface area contributed by atoms with Crippen LogP contribution >= 0.6 is 11.6 Å². The number of non-ortho nitro benzene ring substituents is 4. The van der Waals surface area contributed by atoms with Crippen LogP contribution in [0.2, 0.25) is 0 Å². The highest BCUT2D eigenvalue weighted by Gasteiger charge is 2.23. The van der Waals surface area contributed by atoms with Crippen LogP contribution in [0.5, 0.6) is 0 Å². The van der Waals surface area contributed by atoms with Crippen molar-refractivity contribution >= 4 is 45.6 Å². The van der Waals surface area contributed by atoms with E-state index in [1.54, 1.807) is 0 Å². The van der Waals surface area contributed by atoms with Crippen LogP contribution in [-0.4, -0.2) is 73.2 Å². The Morgan fingerprint density at radius 2 is 0.891 bits per heavy atom. The Labute approximate surface area is 376 Å². The van der Waals surface area contributed by atoms with E-state index in [1.165, 1.54) is 35.1 Å². The minimum Gasteiger partial charge on any atom is -0.458 e. The van der Waals surface area contributed by atoms with E-state index in [0.29, 0.717) is 17.8 Å². The van der Waals surface area contributed by atoms with Crippen molar-refractivity contribution in [3.8, 4) is 0 Å². The van der Waals surface area contributed by atoms with Crippen molar-refractivity contribution in [1.82, 2.24) is 0 Å². The van der Waals surface area contributed by atoms with Crippen LogP contribution in [-0.2, 0) is 4.74 Å². The van der Waals surface area contributed by atoms with Gasteiger partial charge in [0.05, 0.1) is 50.6 Å². The van der Waals surface area contributed by atoms with Crippen molar-refractivity contribution in [3.05, 3.63) is 159 Å². The normalized spacial score (nSPS) is 17.3. The van der Waals surface area contributed by atoms with E-state index in [1.807, 2.05) is 13.0 Å². The molecule has 3 aliphatic rings. The van der Waals surface area contributed by atoms with Crippen LogP contribution in [0.1, 0.15) is 99.3 Å². The average molecular weight is 913 g/mol. The second-order valence-corrected chi connectivity index (χ2v) is 15.6. The zero-order chi connectivity index (χ0) is 48.7. The molecule has 0 aliphatic heterocycles. The molecule has 0 heterocycles. The van der Waals surface area contributed by atoms with Gasteiger partial charge in [0, 0.05) is 36.9 Å². The van der Waals surface area contributed by atoms with Crippen molar-refractivity contribution in [2.24, 2.45) is 17.8 Å². The summed E-state index contributed by atoms with van der Waals surface area (Å²) in [5.74, 6) is 0.921. The fourth-order valence-corrected chi connectivity index (χ4v) is 6.62. The van der Waals surface area contributed by atoms with Gasteiger partial charge in [-0.1, -0.05) is 54.7 Å². The Hall–Kier alpha value is -6.21. The molecule has 0 radical (unpaired) electrons. The smallest absolute Gasteiger partial charge is 0.338 e. The number of ether oxygens (including phenoxy) is 1. The molecule has 19 heteroatoms.